The number of H-pyrrole nitrogens is 1. The molecule has 0 radical (unpaired) electrons. The van der Waals surface area contributed by atoms with Gasteiger partial charge in [0.15, 0.2) is 11.5 Å². The second-order valence-corrected chi connectivity index (χ2v) is 6.52. The van der Waals surface area contributed by atoms with Crippen LogP contribution in [0.3, 0.4) is 0 Å². The molecule has 3 aromatic heterocycles. The van der Waals surface area contributed by atoms with E-state index in [0.717, 1.165) is 5.69 Å². The van der Waals surface area contributed by atoms with Gasteiger partial charge in [-0.3, -0.25) is 9.89 Å². The van der Waals surface area contributed by atoms with Gasteiger partial charge in [0.05, 0.1) is 22.2 Å². The number of aromatic amines is 1. The van der Waals surface area contributed by atoms with Crippen molar-refractivity contribution in [2.24, 2.45) is 0 Å². The van der Waals surface area contributed by atoms with Crippen LogP contribution in [0.5, 0.6) is 0 Å². The quantitative estimate of drug-likeness (QED) is 0.757. The molecule has 3 aromatic rings. The Morgan fingerprint density at radius 1 is 1.35 bits per heavy atom. The summed E-state index contributed by atoms with van der Waals surface area (Å²) in [4.78, 5) is 16.5. The maximum absolute atomic E-state index is 12.1. The van der Waals surface area contributed by atoms with Gasteiger partial charge in [-0.1, -0.05) is 23.2 Å². The second-order valence-electron chi connectivity index (χ2n) is 5.68. The lowest BCUT2D eigenvalue weighted by Crippen LogP contribution is -2.14. The van der Waals surface area contributed by atoms with Gasteiger partial charge in [0.25, 0.3) is 0 Å². The summed E-state index contributed by atoms with van der Waals surface area (Å²) in [6.45, 7) is 0. The minimum atomic E-state index is -0.176. The van der Waals surface area contributed by atoms with Gasteiger partial charge in [-0.25, -0.2) is 4.98 Å². The van der Waals surface area contributed by atoms with Crippen molar-refractivity contribution in [2.45, 2.75) is 25.2 Å². The van der Waals surface area contributed by atoms with Crippen LogP contribution in [-0.4, -0.2) is 25.5 Å². The second kappa shape index (κ2) is 5.54. The molecule has 0 saturated heterocycles. The summed E-state index contributed by atoms with van der Waals surface area (Å²) in [5.74, 6) is 0.935. The van der Waals surface area contributed by atoms with Crippen molar-refractivity contribution in [1.29, 1.82) is 0 Å². The summed E-state index contributed by atoms with van der Waals surface area (Å²) in [6, 6.07) is 3.51. The van der Waals surface area contributed by atoms with Crippen molar-refractivity contribution in [3.8, 4) is 0 Å². The zero-order valence-corrected chi connectivity index (χ0v) is 13.5. The van der Waals surface area contributed by atoms with Crippen LogP contribution in [0.25, 0.3) is 5.65 Å². The molecule has 0 atom stereocenters. The third-order valence-electron chi connectivity index (χ3n) is 3.75. The fourth-order valence-electron chi connectivity index (χ4n) is 2.52. The third kappa shape index (κ3) is 3.04. The van der Waals surface area contributed by atoms with Crippen LogP contribution in [0.2, 0.25) is 10.0 Å². The molecule has 3 heterocycles. The number of amides is 1. The molecule has 0 spiro atoms. The number of carbonyl (C=O) groups is 1. The van der Waals surface area contributed by atoms with Gasteiger partial charge in [0.1, 0.15) is 0 Å². The van der Waals surface area contributed by atoms with E-state index in [9.17, 15) is 4.79 Å². The minimum absolute atomic E-state index is 0.140. The molecule has 118 valence electrons. The highest BCUT2D eigenvalue weighted by molar-refractivity contribution is 6.36. The normalized spacial score (nSPS) is 14.3. The Balaban J connectivity index is 1.48. The smallest absolute Gasteiger partial charge is 0.231 e. The van der Waals surface area contributed by atoms with E-state index in [1.54, 1.807) is 22.9 Å². The maximum Gasteiger partial charge on any atom is 0.231 e. The predicted molar refractivity (Wildman–Crippen MR) is 88.1 cm³/mol. The first kappa shape index (κ1) is 14.5. The number of rotatable bonds is 4. The molecule has 1 saturated carbocycles. The van der Waals surface area contributed by atoms with Crippen LogP contribution >= 0.6 is 23.2 Å². The zero-order chi connectivity index (χ0) is 16.0. The van der Waals surface area contributed by atoms with E-state index in [1.165, 1.54) is 12.8 Å². The van der Waals surface area contributed by atoms with Crippen molar-refractivity contribution in [3.05, 3.63) is 46.0 Å². The van der Waals surface area contributed by atoms with Crippen LogP contribution in [0.1, 0.15) is 30.1 Å². The van der Waals surface area contributed by atoms with E-state index in [4.69, 9.17) is 23.2 Å². The van der Waals surface area contributed by atoms with Gasteiger partial charge >= 0.3 is 0 Å². The molecule has 1 amide bonds. The number of carbonyl (C=O) groups excluding carboxylic acids is 1. The van der Waals surface area contributed by atoms with Crippen LogP contribution in [0, 0.1) is 0 Å². The summed E-state index contributed by atoms with van der Waals surface area (Å²) in [5, 5.41) is 10.8. The van der Waals surface area contributed by atoms with Crippen LogP contribution in [-0.2, 0) is 11.2 Å². The minimum Gasteiger partial charge on any atom is -0.309 e. The van der Waals surface area contributed by atoms with Gasteiger partial charge in [0, 0.05) is 30.1 Å². The lowest BCUT2D eigenvalue weighted by atomic mass is 10.3. The summed E-state index contributed by atoms with van der Waals surface area (Å²) < 4.78 is 1.72. The van der Waals surface area contributed by atoms with Crippen molar-refractivity contribution in [3.63, 3.8) is 0 Å². The highest BCUT2D eigenvalue weighted by Crippen LogP contribution is 2.39. The average molecular weight is 350 g/mol. The average Bonchev–Trinajstić information content (AvgIpc) is 3.10. The Kier molecular flexibility index (Phi) is 3.50. The van der Waals surface area contributed by atoms with Crippen molar-refractivity contribution in [1.82, 2.24) is 19.6 Å². The number of nitrogens with zero attached hydrogens (tertiary/aromatic N) is 3. The molecule has 2 N–H and O–H groups in total. The fraction of sp³-hybridized carbons (Fsp3) is 0.267. The van der Waals surface area contributed by atoms with Gasteiger partial charge in [-0.2, -0.15) is 5.10 Å². The molecule has 0 aromatic carbocycles. The van der Waals surface area contributed by atoms with Crippen molar-refractivity contribution in [2.75, 3.05) is 5.32 Å². The number of fused-ring (bicyclic) bond motifs is 1. The predicted octanol–water partition coefficient (Wildman–Crippen LogP) is 3.42. The van der Waals surface area contributed by atoms with Crippen molar-refractivity contribution < 1.29 is 4.79 Å². The lowest BCUT2D eigenvalue weighted by Gasteiger charge is -1.98. The molecule has 0 aliphatic heterocycles. The van der Waals surface area contributed by atoms with Crippen molar-refractivity contribution >= 4 is 40.6 Å². The maximum atomic E-state index is 12.1. The number of hydrogen-bond donors (Lipinski definition) is 2. The van der Waals surface area contributed by atoms with Gasteiger partial charge in [-0.15, -0.1) is 0 Å². The highest BCUT2D eigenvalue weighted by Gasteiger charge is 2.25. The Morgan fingerprint density at radius 3 is 2.96 bits per heavy atom. The van der Waals surface area contributed by atoms with E-state index >= 15 is 0 Å². The SMILES string of the molecule is O=C(Cc1cn2cc(Cl)cc(Cl)c2n1)Nc1cc(C2CC2)[nH]n1. The van der Waals surface area contributed by atoms with Crippen LogP contribution in [0.15, 0.2) is 24.5 Å². The van der Waals surface area contributed by atoms with Gasteiger partial charge in [0.2, 0.25) is 5.91 Å². The molecule has 1 aliphatic rings. The number of hydrogen-bond acceptors (Lipinski definition) is 3. The first-order chi connectivity index (χ1) is 11.1. The van der Waals surface area contributed by atoms with Crippen LogP contribution < -0.4 is 5.32 Å². The largest absolute Gasteiger partial charge is 0.309 e. The summed E-state index contributed by atoms with van der Waals surface area (Å²) in [6.07, 6.45) is 5.95. The van der Waals surface area contributed by atoms with E-state index in [0.29, 0.717) is 33.1 Å². The number of anilines is 1. The summed E-state index contributed by atoms with van der Waals surface area (Å²) in [5.41, 5.74) is 2.27. The highest BCUT2D eigenvalue weighted by atomic mass is 35.5. The summed E-state index contributed by atoms with van der Waals surface area (Å²) >= 11 is 12.1. The molecule has 1 aliphatic carbocycles. The third-order valence-corrected chi connectivity index (χ3v) is 4.23. The molecular weight excluding hydrogens is 337 g/mol. The van der Waals surface area contributed by atoms with Gasteiger partial charge in [-0.05, 0) is 18.9 Å². The molecule has 6 nitrogen and oxygen atoms in total. The molecule has 4 rings (SSSR count). The molecule has 0 bridgehead atoms. The molecule has 1 fully saturated rings. The molecule has 8 heteroatoms. The standard InChI is InChI=1S/C15H13Cl2N5O/c16-9-3-11(17)15-18-10(7-22(15)6-9)4-14(23)19-13-5-12(20-21-13)8-1-2-8/h3,5-8H,1-2,4H2,(H2,19,20,21,23). The van der Waals surface area contributed by atoms with E-state index in [2.05, 4.69) is 20.5 Å². The Hall–Kier alpha value is -2.05. The molecule has 23 heavy (non-hydrogen) atoms. The van der Waals surface area contributed by atoms with Crippen LogP contribution in [0.4, 0.5) is 5.82 Å². The first-order valence-electron chi connectivity index (χ1n) is 7.26. The lowest BCUT2D eigenvalue weighted by molar-refractivity contribution is -0.115. The zero-order valence-electron chi connectivity index (χ0n) is 12.0. The van der Waals surface area contributed by atoms with E-state index in [-0.39, 0.29) is 12.3 Å². The fourth-order valence-corrected chi connectivity index (χ4v) is 3.04. The Bertz CT molecular complexity index is 897. The Labute approximate surface area is 141 Å². The Morgan fingerprint density at radius 2 is 2.17 bits per heavy atom. The van der Waals surface area contributed by atoms with Gasteiger partial charge < -0.3 is 9.72 Å². The summed E-state index contributed by atoms with van der Waals surface area (Å²) in [7, 11) is 0. The first-order valence-corrected chi connectivity index (χ1v) is 8.02. The molecule has 0 unspecified atom stereocenters. The number of nitrogens with one attached hydrogen (secondary N) is 2. The molecular formula is C15H13Cl2N5O. The van der Waals surface area contributed by atoms with E-state index in [1.807, 2.05) is 6.07 Å². The monoisotopic (exact) mass is 349 g/mol. The number of pyridine rings is 1. The number of aromatic nitrogens is 4. The van der Waals surface area contributed by atoms with E-state index < -0.39 is 0 Å². The number of halogens is 2. The topological polar surface area (TPSA) is 75.1 Å². The number of imidazole rings is 1.